The molecule has 0 aromatic carbocycles. The molecular formula is C16H17N3O2. The van der Waals surface area contributed by atoms with Crippen LogP contribution in [0.3, 0.4) is 0 Å². The van der Waals surface area contributed by atoms with Crippen molar-refractivity contribution in [1.29, 1.82) is 0 Å². The fourth-order valence-corrected chi connectivity index (χ4v) is 3.46. The van der Waals surface area contributed by atoms with Gasteiger partial charge >= 0.3 is 0 Å². The van der Waals surface area contributed by atoms with Crippen LogP contribution in [-0.4, -0.2) is 29.0 Å². The summed E-state index contributed by atoms with van der Waals surface area (Å²) in [6.07, 6.45) is 8.32. The van der Waals surface area contributed by atoms with Crippen LogP contribution >= 0.6 is 0 Å². The number of pyridine rings is 1. The van der Waals surface area contributed by atoms with Gasteiger partial charge in [-0.15, -0.1) is 0 Å². The van der Waals surface area contributed by atoms with Crippen LogP contribution in [0.1, 0.15) is 35.3 Å². The summed E-state index contributed by atoms with van der Waals surface area (Å²) in [7, 11) is 0. The van der Waals surface area contributed by atoms with Crippen molar-refractivity contribution in [2.45, 2.75) is 37.4 Å². The van der Waals surface area contributed by atoms with Crippen LogP contribution in [0.2, 0.25) is 0 Å². The number of nitrogens with zero attached hydrogens (tertiary/aromatic N) is 1. The molecule has 2 aromatic heterocycles. The van der Waals surface area contributed by atoms with Gasteiger partial charge in [0.05, 0.1) is 12.5 Å². The summed E-state index contributed by atoms with van der Waals surface area (Å²) in [5, 5.41) is 7.49. The van der Waals surface area contributed by atoms with E-state index in [1.165, 1.54) is 6.42 Å². The van der Waals surface area contributed by atoms with E-state index >= 15 is 0 Å². The molecule has 0 aliphatic carbocycles. The summed E-state index contributed by atoms with van der Waals surface area (Å²) in [5.74, 6) is -0.118. The number of furan rings is 1. The van der Waals surface area contributed by atoms with E-state index in [-0.39, 0.29) is 11.9 Å². The first-order valence-corrected chi connectivity index (χ1v) is 7.31. The lowest BCUT2D eigenvalue weighted by Gasteiger charge is -2.21. The summed E-state index contributed by atoms with van der Waals surface area (Å²) < 4.78 is 5.37. The van der Waals surface area contributed by atoms with E-state index in [2.05, 4.69) is 22.2 Å². The van der Waals surface area contributed by atoms with Crippen LogP contribution in [0, 0.1) is 0 Å². The van der Waals surface area contributed by atoms with Crippen LogP contribution in [0.15, 0.2) is 29.5 Å². The molecule has 0 radical (unpaired) electrons. The molecule has 108 valence electrons. The summed E-state index contributed by atoms with van der Waals surface area (Å²) in [5.41, 5.74) is 1.97. The Morgan fingerprint density at radius 2 is 2.43 bits per heavy atom. The molecule has 2 aromatic rings. The van der Waals surface area contributed by atoms with Crippen molar-refractivity contribution < 1.29 is 9.21 Å². The molecule has 2 N–H and O–H groups in total. The predicted octanol–water partition coefficient (Wildman–Crippen LogP) is 2.09. The Hall–Kier alpha value is -2.14. The summed E-state index contributed by atoms with van der Waals surface area (Å²) in [6, 6.07) is 2.97. The number of nitrogens with one attached hydrogen (secondary N) is 2. The molecular weight excluding hydrogens is 266 g/mol. The van der Waals surface area contributed by atoms with Gasteiger partial charge in [-0.3, -0.25) is 4.79 Å². The van der Waals surface area contributed by atoms with Crippen molar-refractivity contribution in [2.24, 2.45) is 0 Å². The molecule has 2 saturated heterocycles. The molecule has 3 atom stereocenters. The minimum absolute atomic E-state index is 0.118. The molecule has 0 spiro atoms. The van der Waals surface area contributed by atoms with Crippen molar-refractivity contribution in [2.75, 3.05) is 0 Å². The number of rotatable bonds is 3. The largest absolute Gasteiger partial charge is 0.462 e. The van der Waals surface area contributed by atoms with E-state index in [9.17, 15) is 4.79 Å². The van der Waals surface area contributed by atoms with Crippen molar-refractivity contribution in [3.63, 3.8) is 0 Å². The van der Waals surface area contributed by atoms with Crippen LogP contribution in [-0.2, 0) is 0 Å². The Morgan fingerprint density at radius 1 is 1.52 bits per heavy atom. The molecule has 2 aliphatic rings. The predicted molar refractivity (Wildman–Crippen MR) is 79.9 cm³/mol. The molecule has 4 heterocycles. The molecule has 5 nitrogen and oxygen atoms in total. The lowest BCUT2D eigenvalue weighted by Crippen LogP contribution is -2.43. The molecule has 5 heteroatoms. The Kier molecular flexibility index (Phi) is 2.82. The Balaban J connectivity index is 1.57. The topological polar surface area (TPSA) is 67.2 Å². The SMILES string of the molecule is C=Cc1coc2cnc(C(=O)N[C@@H]3C[C@H]4CC[C@@H]3N4)cc12. The Labute approximate surface area is 122 Å². The fraction of sp³-hybridized carbons (Fsp3) is 0.375. The highest BCUT2D eigenvalue weighted by Gasteiger charge is 2.39. The number of amides is 1. The van der Waals surface area contributed by atoms with Gasteiger partial charge in [0.15, 0.2) is 5.58 Å². The number of fused-ring (bicyclic) bond motifs is 3. The minimum Gasteiger partial charge on any atom is -0.462 e. The maximum atomic E-state index is 12.4. The maximum Gasteiger partial charge on any atom is 0.270 e. The fourth-order valence-electron chi connectivity index (χ4n) is 3.46. The number of hydrogen-bond acceptors (Lipinski definition) is 4. The van der Waals surface area contributed by atoms with Crippen LogP contribution in [0.25, 0.3) is 17.0 Å². The zero-order valence-corrected chi connectivity index (χ0v) is 11.6. The minimum atomic E-state index is -0.118. The molecule has 21 heavy (non-hydrogen) atoms. The number of carbonyl (C=O) groups is 1. The quantitative estimate of drug-likeness (QED) is 0.905. The third-order valence-electron chi connectivity index (χ3n) is 4.56. The van der Waals surface area contributed by atoms with E-state index < -0.39 is 0 Å². The van der Waals surface area contributed by atoms with Gasteiger partial charge in [-0.05, 0) is 25.3 Å². The number of aromatic nitrogens is 1. The van der Waals surface area contributed by atoms with Gasteiger partial charge in [-0.1, -0.05) is 12.7 Å². The standard InChI is InChI=1S/C16H17N3O2/c1-2-9-8-21-15-7-17-14(6-11(9)15)16(20)19-13-5-10-3-4-12(13)18-10/h2,6-8,10,12-13,18H,1,3-5H2,(H,19,20)/t10-,12+,13-/m1/s1. The van der Waals surface area contributed by atoms with Crippen molar-refractivity contribution >= 4 is 23.0 Å². The summed E-state index contributed by atoms with van der Waals surface area (Å²) in [6.45, 7) is 3.75. The molecule has 2 fully saturated rings. The zero-order valence-electron chi connectivity index (χ0n) is 11.6. The smallest absolute Gasteiger partial charge is 0.270 e. The molecule has 4 rings (SSSR count). The lowest BCUT2D eigenvalue weighted by atomic mass is 9.95. The zero-order chi connectivity index (χ0) is 14.4. The van der Waals surface area contributed by atoms with E-state index in [0.717, 1.165) is 23.8 Å². The van der Waals surface area contributed by atoms with Gasteiger partial charge in [0.2, 0.25) is 0 Å². The first kappa shape index (κ1) is 12.6. The van der Waals surface area contributed by atoms with Crippen molar-refractivity contribution in [3.05, 3.63) is 36.4 Å². The monoisotopic (exact) mass is 283 g/mol. The average Bonchev–Trinajstić information content (AvgIpc) is 3.21. The van der Waals surface area contributed by atoms with Crippen LogP contribution in [0.5, 0.6) is 0 Å². The van der Waals surface area contributed by atoms with Crippen molar-refractivity contribution in [3.8, 4) is 0 Å². The highest BCUT2D eigenvalue weighted by Crippen LogP contribution is 2.28. The van der Waals surface area contributed by atoms with Gasteiger partial charge < -0.3 is 15.1 Å². The van der Waals surface area contributed by atoms with Gasteiger partial charge in [0.1, 0.15) is 5.69 Å². The number of carbonyl (C=O) groups excluding carboxylic acids is 1. The highest BCUT2D eigenvalue weighted by molar-refractivity contribution is 5.97. The molecule has 2 aliphatic heterocycles. The third kappa shape index (κ3) is 2.05. The van der Waals surface area contributed by atoms with E-state index in [4.69, 9.17) is 4.42 Å². The van der Waals surface area contributed by atoms with Crippen molar-refractivity contribution in [1.82, 2.24) is 15.6 Å². The first-order chi connectivity index (χ1) is 10.2. The second-order valence-electron chi connectivity index (χ2n) is 5.82. The van der Waals surface area contributed by atoms with Gasteiger partial charge in [0.25, 0.3) is 5.91 Å². The van der Waals surface area contributed by atoms with Crippen LogP contribution in [0.4, 0.5) is 0 Å². The van der Waals surface area contributed by atoms with Gasteiger partial charge in [-0.2, -0.15) is 0 Å². The highest BCUT2D eigenvalue weighted by atomic mass is 16.3. The molecule has 1 amide bonds. The van der Waals surface area contributed by atoms with Gasteiger partial charge in [0, 0.05) is 29.1 Å². The van der Waals surface area contributed by atoms with E-state index in [0.29, 0.717) is 23.4 Å². The number of hydrogen-bond donors (Lipinski definition) is 2. The lowest BCUT2D eigenvalue weighted by molar-refractivity contribution is 0.0926. The van der Waals surface area contributed by atoms with Gasteiger partial charge in [-0.25, -0.2) is 4.98 Å². The summed E-state index contributed by atoms with van der Waals surface area (Å²) >= 11 is 0. The van der Waals surface area contributed by atoms with Crippen LogP contribution < -0.4 is 10.6 Å². The third-order valence-corrected chi connectivity index (χ3v) is 4.56. The van der Waals surface area contributed by atoms with E-state index in [1.54, 1.807) is 24.6 Å². The molecule has 0 unspecified atom stereocenters. The second kappa shape index (κ2) is 4.70. The maximum absolute atomic E-state index is 12.4. The Bertz CT molecular complexity index is 721. The molecule has 2 bridgehead atoms. The first-order valence-electron chi connectivity index (χ1n) is 7.31. The van der Waals surface area contributed by atoms with E-state index in [1.807, 2.05) is 0 Å². The molecule has 0 saturated carbocycles. The Morgan fingerprint density at radius 3 is 3.14 bits per heavy atom. The normalized spacial score (nSPS) is 27.1. The second-order valence-corrected chi connectivity index (χ2v) is 5.82. The average molecular weight is 283 g/mol. The summed E-state index contributed by atoms with van der Waals surface area (Å²) in [4.78, 5) is 16.6.